The molecule has 1 aromatic rings. The van der Waals surface area contributed by atoms with Crippen molar-refractivity contribution in [3.05, 3.63) is 29.8 Å². The maximum absolute atomic E-state index is 11.1. The molecule has 1 atom stereocenters. The Morgan fingerprint density at radius 2 is 1.94 bits per heavy atom. The summed E-state index contributed by atoms with van der Waals surface area (Å²) in [6, 6.07) is 8.07. The molecule has 1 aromatic carbocycles. The molecule has 1 rings (SSSR count). The van der Waals surface area contributed by atoms with E-state index in [0.29, 0.717) is 13.1 Å². The van der Waals surface area contributed by atoms with Gasteiger partial charge >= 0.3 is 0 Å². The van der Waals surface area contributed by atoms with Gasteiger partial charge in [-0.05, 0) is 24.6 Å². The van der Waals surface area contributed by atoms with Gasteiger partial charge in [-0.3, -0.25) is 4.79 Å². The van der Waals surface area contributed by atoms with Crippen LogP contribution in [0.3, 0.4) is 0 Å². The van der Waals surface area contributed by atoms with Crippen LogP contribution in [0.2, 0.25) is 0 Å². The first kappa shape index (κ1) is 13.5. The van der Waals surface area contributed by atoms with Gasteiger partial charge in [0, 0.05) is 25.3 Å². The number of amides is 1. The fraction of sp³-hybridized carbons (Fsp3) is 0.462. The van der Waals surface area contributed by atoms with Crippen LogP contribution >= 0.6 is 0 Å². The number of carbonyl (C=O) groups is 1. The van der Waals surface area contributed by atoms with Crippen molar-refractivity contribution in [2.75, 3.05) is 18.0 Å². The average molecular weight is 235 g/mol. The standard InChI is InChI=1S/C13H21N3O/c1-3-16(9-10(2)13(15)17)12-6-4-11(8-14)5-7-12/h4-7,10H,3,8-9,14H2,1-2H3,(H2,15,17). The predicted octanol–water partition coefficient (Wildman–Crippen LogP) is 1.09. The molecule has 0 bridgehead atoms. The van der Waals surface area contributed by atoms with Gasteiger partial charge in [0.05, 0.1) is 5.92 Å². The van der Waals surface area contributed by atoms with Gasteiger partial charge in [0.2, 0.25) is 5.91 Å². The first-order valence-electron chi connectivity index (χ1n) is 5.91. The number of hydrogen-bond acceptors (Lipinski definition) is 3. The van der Waals surface area contributed by atoms with Gasteiger partial charge in [-0.2, -0.15) is 0 Å². The molecule has 0 aliphatic carbocycles. The van der Waals surface area contributed by atoms with Gasteiger partial charge in [-0.1, -0.05) is 19.1 Å². The van der Waals surface area contributed by atoms with E-state index in [1.807, 2.05) is 31.2 Å². The molecule has 4 N–H and O–H groups in total. The molecule has 94 valence electrons. The molecule has 1 amide bonds. The summed E-state index contributed by atoms with van der Waals surface area (Å²) in [4.78, 5) is 13.2. The first-order chi connectivity index (χ1) is 8.08. The Morgan fingerprint density at radius 3 is 2.35 bits per heavy atom. The summed E-state index contributed by atoms with van der Waals surface area (Å²) in [6.45, 7) is 5.95. The van der Waals surface area contributed by atoms with Crippen LogP contribution in [0.1, 0.15) is 19.4 Å². The van der Waals surface area contributed by atoms with Crippen molar-refractivity contribution in [2.45, 2.75) is 20.4 Å². The van der Waals surface area contributed by atoms with E-state index >= 15 is 0 Å². The zero-order valence-corrected chi connectivity index (χ0v) is 10.5. The van der Waals surface area contributed by atoms with Crippen molar-refractivity contribution in [1.29, 1.82) is 0 Å². The fourth-order valence-corrected chi connectivity index (χ4v) is 1.68. The molecule has 0 aliphatic heterocycles. The number of primary amides is 1. The first-order valence-corrected chi connectivity index (χ1v) is 5.91. The molecule has 17 heavy (non-hydrogen) atoms. The van der Waals surface area contributed by atoms with Crippen molar-refractivity contribution in [3.8, 4) is 0 Å². The monoisotopic (exact) mass is 235 g/mol. The molecular weight excluding hydrogens is 214 g/mol. The van der Waals surface area contributed by atoms with Gasteiger partial charge in [-0.25, -0.2) is 0 Å². The Morgan fingerprint density at radius 1 is 1.35 bits per heavy atom. The quantitative estimate of drug-likeness (QED) is 0.775. The second-order valence-electron chi connectivity index (χ2n) is 4.21. The van der Waals surface area contributed by atoms with Crippen LogP contribution in [0.5, 0.6) is 0 Å². The van der Waals surface area contributed by atoms with Gasteiger partial charge < -0.3 is 16.4 Å². The Bertz CT molecular complexity index is 361. The summed E-state index contributed by atoms with van der Waals surface area (Å²) >= 11 is 0. The Kier molecular flexibility index (Phi) is 4.97. The van der Waals surface area contributed by atoms with Gasteiger partial charge in [0.15, 0.2) is 0 Å². The zero-order valence-electron chi connectivity index (χ0n) is 10.5. The number of anilines is 1. The normalized spacial score (nSPS) is 12.2. The molecule has 0 radical (unpaired) electrons. The molecule has 0 aliphatic rings. The maximum Gasteiger partial charge on any atom is 0.222 e. The van der Waals surface area contributed by atoms with Gasteiger partial charge in [0.1, 0.15) is 0 Å². The van der Waals surface area contributed by atoms with E-state index in [2.05, 4.69) is 11.8 Å². The third kappa shape index (κ3) is 3.75. The van der Waals surface area contributed by atoms with E-state index in [9.17, 15) is 4.79 Å². The molecule has 0 saturated carbocycles. The van der Waals surface area contributed by atoms with E-state index in [4.69, 9.17) is 11.5 Å². The smallest absolute Gasteiger partial charge is 0.222 e. The SMILES string of the molecule is CCN(CC(C)C(N)=O)c1ccc(CN)cc1. The van der Waals surface area contributed by atoms with Crippen LogP contribution in [0.15, 0.2) is 24.3 Å². The highest BCUT2D eigenvalue weighted by Crippen LogP contribution is 2.16. The summed E-state index contributed by atoms with van der Waals surface area (Å²) in [5, 5.41) is 0. The molecule has 4 heteroatoms. The lowest BCUT2D eigenvalue weighted by Gasteiger charge is -2.25. The Labute approximate surface area is 103 Å². The van der Waals surface area contributed by atoms with Crippen molar-refractivity contribution < 1.29 is 4.79 Å². The number of nitrogens with two attached hydrogens (primary N) is 2. The van der Waals surface area contributed by atoms with E-state index in [1.165, 1.54) is 0 Å². The highest BCUT2D eigenvalue weighted by atomic mass is 16.1. The molecule has 0 fully saturated rings. The highest BCUT2D eigenvalue weighted by molar-refractivity contribution is 5.77. The Hall–Kier alpha value is -1.55. The van der Waals surface area contributed by atoms with Crippen molar-refractivity contribution in [3.63, 3.8) is 0 Å². The van der Waals surface area contributed by atoms with E-state index in [-0.39, 0.29) is 11.8 Å². The van der Waals surface area contributed by atoms with Gasteiger partial charge in [-0.15, -0.1) is 0 Å². The molecule has 0 spiro atoms. The molecule has 0 heterocycles. The lowest BCUT2D eigenvalue weighted by atomic mass is 10.1. The summed E-state index contributed by atoms with van der Waals surface area (Å²) in [6.07, 6.45) is 0. The molecule has 1 unspecified atom stereocenters. The topological polar surface area (TPSA) is 72.3 Å². The van der Waals surface area contributed by atoms with E-state index in [0.717, 1.165) is 17.8 Å². The summed E-state index contributed by atoms with van der Waals surface area (Å²) in [5.41, 5.74) is 13.0. The summed E-state index contributed by atoms with van der Waals surface area (Å²) in [7, 11) is 0. The lowest BCUT2D eigenvalue weighted by molar-refractivity contribution is -0.121. The van der Waals surface area contributed by atoms with E-state index < -0.39 is 0 Å². The second kappa shape index (κ2) is 6.25. The number of carbonyl (C=O) groups excluding carboxylic acids is 1. The van der Waals surface area contributed by atoms with Crippen LogP contribution in [0.25, 0.3) is 0 Å². The number of hydrogen-bond donors (Lipinski definition) is 2. The Balaban J connectivity index is 2.75. The fourth-order valence-electron chi connectivity index (χ4n) is 1.68. The molecule has 0 saturated heterocycles. The minimum atomic E-state index is -0.262. The van der Waals surface area contributed by atoms with Crippen molar-refractivity contribution in [2.24, 2.45) is 17.4 Å². The molecule has 0 aromatic heterocycles. The lowest BCUT2D eigenvalue weighted by Crippen LogP contribution is -2.34. The van der Waals surface area contributed by atoms with Crippen LogP contribution in [0.4, 0.5) is 5.69 Å². The summed E-state index contributed by atoms with van der Waals surface area (Å²) < 4.78 is 0. The van der Waals surface area contributed by atoms with Crippen LogP contribution in [-0.2, 0) is 11.3 Å². The van der Waals surface area contributed by atoms with Crippen LogP contribution in [-0.4, -0.2) is 19.0 Å². The predicted molar refractivity (Wildman–Crippen MR) is 70.6 cm³/mol. The van der Waals surface area contributed by atoms with Gasteiger partial charge in [0.25, 0.3) is 0 Å². The summed E-state index contributed by atoms with van der Waals surface area (Å²) in [5.74, 6) is -0.411. The van der Waals surface area contributed by atoms with Crippen LogP contribution in [0, 0.1) is 5.92 Å². The minimum Gasteiger partial charge on any atom is -0.371 e. The highest BCUT2D eigenvalue weighted by Gasteiger charge is 2.13. The zero-order chi connectivity index (χ0) is 12.8. The van der Waals surface area contributed by atoms with Crippen LogP contribution < -0.4 is 16.4 Å². The average Bonchev–Trinajstić information content (AvgIpc) is 2.35. The molecular formula is C13H21N3O. The number of nitrogens with zero attached hydrogens (tertiary/aromatic N) is 1. The molecule has 4 nitrogen and oxygen atoms in total. The van der Waals surface area contributed by atoms with E-state index in [1.54, 1.807) is 0 Å². The third-order valence-corrected chi connectivity index (χ3v) is 2.90. The maximum atomic E-state index is 11.1. The number of benzene rings is 1. The third-order valence-electron chi connectivity index (χ3n) is 2.90. The largest absolute Gasteiger partial charge is 0.371 e. The number of rotatable bonds is 6. The minimum absolute atomic E-state index is 0.149. The van der Waals surface area contributed by atoms with Crippen molar-refractivity contribution >= 4 is 11.6 Å². The second-order valence-corrected chi connectivity index (χ2v) is 4.21. The van der Waals surface area contributed by atoms with Crippen molar-refractivity contribution in [1.82, 2.24) is 0 Å².